The summed E-state index contributed by atoms with van der Waals surface area (Å²) in [6, 6.07) is 17.3. The zero-order valence-electron chi connectivity index (χ0n) is 26.8. The van der Waals surface area contributed by atoms with Gasteiger partial charge in [-0.2, -0.15) is 0 Å². The lowest BCUT2D eigenvalue weighted by molar-refractivity contribution is 0.127. The van der Waals surface area contributed by atoms with Crippen LogP contribution >= 0.6 is 0 Å². The maximum atomic E-state index is 15.6. The van der Waals surface area contributed by atoms with Crippen LogP contribution in [0.1, 0.15) is 122 Å². The average molecular weight is 557 g/mol. The fourth-order valence-corrected chi connectivity index (χ4v) is 6.84. The molecular weight excluding hydrogens is 503 g/mol. The second kappa shape index (κ2) is 14.0. The van der Waals surface area contributed by atoms with Crippen LogP contribution in [0, 0.1) is 17.2 Å². The number of halogens is 1. The van der Waals surface area contributed by atoms with E-state index in [1.807, 2.05) is 12.1 Å². The highest BCUT2D eigenvalue weighted by Gasteiger charge is 2.26. The van der Waals surface area contributed by atoms with Gasteiger partial charge in [-0.1, -0.05) is 91.6 Å². The van der Waals surface area contributed by atoms with Gasteiger partial charge in [-0.15, -0.1) is 0 Å². The van der Waals surface area contributed by atoms with Crippen LogP contribution in [0.5, 0.6) is 5.75 Å². The number of ether oxygens (including phenoxy) is 1. The maximum Gasteiger partial charge on any atom is 0.131 e. The molecule has 1 saturated carbocycles. The third-order valence-electron chi connectivity index (χ3n) is 10.4. The Hall–Kier alpha value is -2.61. The smallest absolute Gasteiger partial charge is 0.131 e. The Labute approximate surface area is 249 Å². The minimum absolute atomic E-state index is 0.0881. The number of aryl methyl sites for hydroxylation is 3. The molecule has 222 valence electrons. The molecule has 0 N–H and O–H groups in total. The number of rotatable bonds is 12. The van der Waals surface area contributed by atoms with E-state index in [2.05, 4.69) is 84.9 Å². The van der Waals surface area contributed by atoms with Crippen molar-refractivity contribution in [3.63, 3.8) is 0 Å². The fraction of sp³-hybridized carbons (Fsp3) is 0.538. The molecule has 1 aliphatic rings. The van der Waals surface area contributed by atoms with Crippen molar-refractivity contribution in [3.05, 3.63) is 76.6 Å². The maximum absolute atomic E-state index is 15.6. The summed E-state index contributed by atoms with van der Waals surface area (Å²) in [5.41, 5.74) is 9.39. The Balaban J connectivity index is 1.65. The Morgan fingerprint density at radius 2 is 1.29 bits per heavy atom. The predicted octanol–water partition coefficient (Wildman–Crippen LogP) is 11.7. The molecule has 3 aromatic rings. The number of benzene rings is 3. The van der Waals surface area contributed by atoms with Crippen LogP contribution in [0.25, 0.3) is 22.3 Å². The molecule has 1 aliphatic carbocycles. The van der Waals surface area contributed by atoms with Crippen molar-refractivity contribution >= 4 is 0 Å². The second-order valence-corrected chi connectivity index (χ2v) is 12.6. The molecule has 0 bridgehead atoms. The van der Waals surface area contributed by atoms with Crippen molar-refractivity contribution in [2.24, 2.45) is 11.3 Å². The van der Waals surface area contributed by atoms with E-state index in [1.54, 1.807) is 0 Å². The van der Waals surface area contributed by atoms with Crippen molar-refractivity contribution in [1.82, 2.24) is 0 Å². The van der Waals surface area contributed by atoms with E-state index < -0.39 is 0 Å². The van der Waals surface area contributed by atoms with Crippen molar-refractivity contribution in [3.8, 4) is 28.0 Å². The highest BCUT2D eigenvalue weighted by atomic mass is 19.1. The Kier molecular flexibility index (Phi) is 10.7. The Morgan fingerprint density at radius 3 is 1.88 bits per heavy atom. The molecule has 41 heavy (non-hydrogen) atoms. The molecule has 0 heterocycles. The van der Waals surface area contributed by atoms with Gasteiger partial charge in [0.15, 0.2) is 0 Å². The van der Waals surface area contributed by atoms with E-state index in [0.717, 1.165) is 67.9 Å². The summed E-state index contributed by atoms with van der Waals surface area (Å²) in [6.07, 6.45) is 11.0. The number of hydrogen-bond acceptors (Lipinski definition) is 1. The SMILES string of the molecule is CCc1cc(-c2ccc(-c3ccc(C4CCC(C)CC4)cc3F)c(CC)c2)c(CC)cc1OCC(CC)(CC)CC. The van der Waals surface area contributed by atoms with Crippen LogP contribution in [0.2, 0.25) is 0 Å². The molecule has 1 fully saturated rings. The van der Waals surface area contributed by atoms with Gasteiger partial charge in [0, 0.05) is 11.0 Å². The van der Waals surface area contributed by atoms with Crippen LogP contribution in [0.15, 0.2) is 48.5 Å². The first-order valence-corrected chi connectivity index (χ1v) is 16.5. The zero-order valence-corrected chi connectivity index (χ0v) is 26.8. The van der Waals surface area contributed by atoms with Gasteiger partial charge in [-0.25, -0.2) is 4.39 Å². The molecular formula is C39H53FO. The van der Waals surface area contributed by atoms with Gasteiger partial charge >= 0.3 is 0 Å². The van der Waals surface area contributed by atoms with Gasteiger partial charge in [0.1, 0.15) is 11.6 Å². The molecule has 0 saturated heterocycles. The van der Waals surface area contributed by atoms with Crippen molar-refractivity contribution in [2.75, 3.05) is 6.61 Å². The van der Waals surface area contributed by atoms with Gasteiger partial charge in [0.2, 0.25) is 0 Å². The summed E-state index contributed by atoms with van der Waals surface area (Å²) in [7, 11) is 0. The topological polar surface area (TPSA) is 9.23 Å². The lowest BCUT2D eigenvalue weighted by atomic mass is 9.79. The Bertz CT molecular complexity index is 1280. The quantitative estimate of drug-likeness (QED) is 0.215. The van der Waals surface area contributed by atoms with E-state index in [0.29, 0.717) is 5.92 Å². The summed E-state index contributed by atoms with van der Waals surface area (Å²) < 4.78 is 22.1. The third-order valence-corrected chi connectivity index (χ3v) is 10.4. The van der Waals surface area contributed by atoms with E-state index in [1.165, 1.54) is 59.1 Å². The van der Waals surface area contributed by atoms with Gasteiger partial charge in [-0.3, -0.25) is 0 Å². The molecule has 3 aromatic carbocycles. The molecule has 0 radical (unpaired) electrons. The summed E-state index contributed by atoms with van der Waals surface area (Å²) in [6.45, 7) is 16.6. The van der Waals surface area contributed by atoms with Crippen LogP contribution in [0.4, 0.5) is 4.39 Å². The van der Waals surface area contributed by atoms with Crippen molar-refractivity contribution in [2.45, 2.75) is 119 Å². The molecule has 4 rings (SSSR count). The zero-order chi connectivity index (χ0) is 29.6. The predicted molar refractivity (Wildman–Crippen MR) is 175 cm³/mol. The summed E-state index contributed by atoms with van der Waals surface area (Å²) >= 11 is 0. The monoisotopic (exact) mass is 556 g/mol. The molecule has 0 atom stereocenters. The lowest BCUT2D eigenvalue weighted by Crippen LogP contribution is -2.26. The molecule has 0 spiro atoms. The molecule has 0 amide bonds. The minimum Gasteiger partial charge on any atom is -0.493 e. The average Bonchev–Trinajstić information content (AvgIpc) is 3.01. The van der Waals surface area contributed by atoms with Crippen LogP contribution in [-0.2, 0) is 19.3 Å². The minimum atomic E-state index is -0.0881. The molecule has 0 aromatic heterocycles. The van der Waals surface area contributed by atoms with Crippen molar-refractivity contribution < 1.29 is 9.13 Å². The largest absolute Gasteiger partial charge is 0.493 e. The van der Waals surface area contributed by atoms with Crippen molar-refractivity contribution in [1.29, 1.82) is 0 Å². The molecule has 2 heteroatoms. The van der Waals surface area contributed by atoms with Gasteiger partial charge < -0.3 is 4.74 Å². The summed E-state index contributed by atoms with van der Waals surface area (Å²) in [4.78, 5) is 0. The Morgan fingerprint density at radius 1 is 0.683 bits per heavy atom. The standard InChI is InChI=1S/C39H53FO/c1-8-28-22-33(19-20-34(28)35-21-18-32(24-37(35)40)31-16-14-27(7)15-17-31)36-23-30(10-3)38(25-29(36)9-2)41-26-39(11-4,12-5)13-6/h18-25,27,31H,8-17,26H2,1-7H3. The highest BCUT2D eigenvalue weighted by Crippen LogP contribution is 2.40. The first-order valence-electron chi connectivity index (χ1n) is 16.5. The van der Waals surface area contributed by atoms with Crippen LogP contribution in [0.3, 0.4) is 0 Å². The van der Waals surface area contributed by atoms with Crippen LogP contribution < -0.4 is 4.74 Å². The molecule has 0 aliphatic heterocycles. The van der Waals surface area contributed by atoms with Gasteiger partial charge in [0.05, 0.1) is 6.61 Å². The summed E-state index contributed by atoms with van der Waals surface area (Å²) in [5.74, 6) is 2.25. The normalized spacial score (nSPS) is 17.6. The first kappa shape index (κ1) is 31.3. The van der Waals surface area contributed by atoms with Gasteiger partial charge in [-0.05, 0) is 120 Å². The fourth-order valence-electron chi connectivity index (χ4n) is 6.84. The number of hydrogen-bond donors (Lipinski definition) is 0. The third kappa shape index (κ3) is 6.90. The molecule has 1 nitrogen and oxygen atoms in total. The van der Waals surface area contributed by atoms with E-state index >= 15 is 4.39 Å². The first-order chi connectivity index (χ1) is 19.8. The van der Waals surface area contributed by atoms with E-state index in [9.17, 15) is 0 Å². The highest BCUT2D eigenvalue weighted by molar-refractivity contribution is 5.76. The summed E-state index contributed by atoms with van der Waals surface area (Å²) in [5, 5.41) is 0. The lowest BCUT2D eigenvalue weighted by Gasteiger charge is -2.31. The second-order valence-electron chi connectivity index (χ2n) is 12.6. The van der Waals surface area contributed by atoms with Crippen LogP contribution in [-0.4, -0.2) is 6.61 Å². The van der Waals surface area contributed by atoms with E-state index in [4.69, 9.17) is 4.74 Å². The van der Waals surface area contributed by atoms with Gasteiger partial charge in [0.25, 0.3) is 0 Å². The van der Waals surface area contributed by atoms with E-state index in [-0.39, 0.29) is 11.2 Å². The molecule has 0 unspecified atom stereocenters.